The molecule has 0 aliphatic heterocycles. The highest BCUT2D eigenvalue weighted by Gasteiger charge is 2.04. The Hall–Kier alpha value is -1.52. The third kappa shape index (κ3) is 0.772. The zero-order valence-electron chi connectivity index (χ0n) is 5.82. The molecule has 0 aromatic carbocycles. The molecule has 0 spiro atoms. The summed E-state index contributed by atoms with van der Waals surface area (Å²) >= 11 is 0. The van der Waals surface area contributed by atoms with Crippen LogP contribution in [0, 0.1) is 12.7 Å². The topological polar surface area (TPSA) is 43.1 Å². The van der Waals surface area contributed by atoms with Crippen molar-refractivity contribution in [2.75, 3.05) is 0 Å². The molecule has 0 amide bonds. The minimum Gasteiger partial charge on any atom is -0.267 e. The summed E-state index contributed by atoms with van der Waals surface area (Å²) < 4.78 is 14.3. The lowest BCUT2D eigenvalue weighted by molar-refractivity contribution is 0.621. The van der Waals surface area contributed by atoms with Crippen molar-refractivity contribution < 1.29 is 4.39 Å². The smallest absolute Gasteiger partial charge is 0.199 e. The number of nitrogens with zero attached hydrogens (tertiary/aromatic N) is 4. The molecule has 0 aliphatic carbocycles. The standard InChI is InChI=1S/C6H5FN4/c1-4-9-10-6-5(7)2-8-3-11(4)6/h2-3H,1H3. The summed E-state index contributed by atoms with van der Waals surface area (Å²) in [5.41, 5.74) is 0.220. The van der Waals surface area contributed by atoms with Crippen molar-refractivity contribution in [1.82, 2.24) is 19.6 Å². The monoisotopic (exact) mass is 152 g/mol. The van der Waals surface area contributed by atoms with Gasteiger partial charge in [-0.2, -0.15) is 0 Å². The van der Waals surface area contributed by atoms with E-state index in [1.165, 1.54) is 10.7 Å². The summed E-state index contributed by atoms with van der Waals surface area (Å²) in [6.07, 6.45) is 2.59. The summed E-state index contributed by atoms with van der Waals surface area (Å²) in [4.78, 5) is 3.65. The first kappa shape index (κ1) is 6.21. The molecule has 0 fully saturated rings. The Morgan fingerprint density at radius 1 is 1.45 bits per heavy atom. The van der Waals surface area contributed by atoms with Gasteiger partial charge in [0.05, 0.1) is 6.20 Å². The highest BCUT2D eigenvalue weighted by atomic mass is 19.1. The Labute approximate surface area is 61.7 Å². The third-order valence-electron chi connectivity index (χ3n) is 1.45. The molecule has 0 N–H and O–H groups in total. The normalized spacial score (nSPS) is 10.7. The predicted octanol–water partition coefficient (Wildman–Crippen LogP) is 0.572. The van der Waals surface area contributed by atoms with Crippen LogP contribution in [0.25, 0.3) is 5.65 Å². The van der Waals surface area contributed by atoms with Crippen molar-refractivity contribution in [2.24, 2.45) is 0 Å². The van der Waals surface area contributed by atoms with Crippen LogP contribution >= 0.6 is 0 Å². The van der Waals surface area contributed by atoms with Gasteiger partial charge >= 0.3 is 0 Å². The first-order chi connectivity index (χ1) is 5.29. The summed E-state index contributed by atoms with van der Waals surface area (Å²) in [7, 11) is 0. The van der Waals surface area contributed by atoms with Gasteiger partial charge in [-0.1, -0.05) is 0 Å². The van der Waals surface area contributed by atoms with E-state index in [1.54, 1.807) is 6.92 Å². The molecule has 0 saturated heterocycles. The van der Waals surface area contributed by atoms with Crippen molar-refractivity contribution in [3.63, 3.8) is 0 Å². The number of fused-ring (bicyclic) bond motifs is 1. The fraction of sp³-hybridized carbons (Fsp3) is 0.167. The molecule has 2 aromatic rings. The second-order valence-electron chi connectivity index (χ2n) is 2.18. The zero-order valence-corrected chi connectivity index (χ0v) is 5.82. The number of aromatic nitrogens is 4. The summed E-state index contributed by atoms with van der Waals surface area (Å²) in [6, 6.07) is 0. The molecule has 2 rings (SSSR count). The van der Waals surface area contributed by atoms with E-state index in [2.05, 4.69) is 15.2 Å². The Balaban J connectivity index is 2.94. The van der Waals surface area contributed by atoms with E-state index in [0.29, 0.717) is 5.82 Å². The lowest BCUT2D eigenvalue weighted by Crippen LogP contribution is -1.91. The molecular weight excluding hydrogens is 147 g/mol. The van der Waals surface area contributed by atoms with Crippen molar-refractivity contribution in [3.05, 3.63) is 24.2 Å². The molecule has 4 nitrogen and oxygen atoms in total. The van der Waals surface area contributed by atoms with Gasteiger partial charge in [-0.15, -0.1) is 10.2 Å². The Bertz CT molecular complexity index is 394. The number of hydrogen-bond acceptors (Lipinski definition) is 3. The molecule has 0 saturated carbocycles. The Kier molecular flexibility index (Phi) is 1.12. The first-order valence-corrected chi connectivity index (χ1v) is 3.10. The molecule has 0 atom stereocenters. The minimum absolute atomic E-state index is 0.220. The van der Waals surface area contributed by atoms with E-state index in [-0.39, 0.29) is 5.65 Å². The van der Waals surface area contributed by atoms with E-state index < -0.39 is 5.82 Å². The first-order valence-electron chi connectivity index (χ1n) is 3.10. The maximum absolute atomic E-state index is 12.8. The zero-order chi connectivity index (χ0) is 7.84. The summed E-state index contributed by atoms with van der Waals surface area (Å²) in [6.45, 7) is 1.74. The maximum atomic E-state index is 12.8. The number of halogens is 1. The molecular formula is C6H5FN4. The van der Waals surface area contributed by atoms with E-state index in [1.807, 2.05) is 0 Å². The van der Waals surface area contributed by atoms with Gasteiger partial charge in [0.2, 0.25) is 0 Å². The molecule has 0 unspecified atom stereocenters. The average molecular weight is 152 g/mol. The van der Waals surface area contributed by atoms with E-state index >= 15 is 0 Å². The van der Waals surface area contributed by atoms with Gasteiger partial charge in [0.1, 0.15) is 12.2 Å². The van der Waals surface area contributed by atoms with Gasteiger partial charge < -0.3 is 0 Å². The van der Waals surface area contributed by atoms with Crippen LogP contribution in [0.2, 0.25) is 0 Å². The largest absolute Gasteiger partial charge is 0.267 e. The summed E-state index contributed by atoms with van der Waals surface area (Å²) in [5, 5.41) is 7.31. The van der Waals surface area contributed by atoms with Gasteiger partial charge in [0.25, 0.3) is 0 Å². The lowest BCUT2D eigenvalue weighted by atomic mass is 10.6. The Morgan fingerprint density at radius 3 is 3.00 bits per heavy atom. The van der Waals surface area contributed by atoms with Crippen molar-refractivity contribution in [1.29, 1.82) is 0 Å². The van der Waals surface area contributed by atoms with Crippen LogP contribution in [0.15, 0.2) is 12.5 Å². The van der Waals surface area contributed by atoms with Crippen LogP contribution in [0.4, 0.5) is 4.39 Å². The van der Waals surface area contributed by atoms with Gasteiger partial charge in [-0.3, -0.25) is 4.40 Å². The van der Waals surface area contributed by atoms with Crippen LogP contribution in [0.3, 0.4) is 0 Å². The van der Waals surface area contributed by atoms with Crippen LogP contribution in [0.1, 0.15) is 5.82 Å². The van der Waals surface area contributed by atoms with Gasteiger partial charge in [0.15, 0.2) is 11.5 Å². The van der Waals surface area contributed by atoms with Gasteiger partial charge in [-0.05, 0) is 6.92 Å². The molecule has 0 radical (unpaired) electrons. The second kappa shape index (κ2) is 1.98. The molecule has 2 heterocycles. The quantitative estimate of drug-likeness (QED) is 0.554. The van der Waals surface area contributed by atoms with Crippen LogP contribution < -0.4 is 0 Å². The number of rotatable bonds is 0. The van der Waals surface area contributed by atoms with E-state index in [4.69, 9.17) is 0 Å². The molecule has 11 heavy (non-hydrogen) atoms. The SMILES string of the molecule is Cc1nnc2c(F)cncn12. The predicted molar refractivity (Wildman–Crippen MR) is 35.5 cm³/mol. The maximum Gasteiger partial charge on any atom is 0.199 e. The van der Waals surface area contributed by atoms with Crippen molar-refractivity contribution in [3.8, 4) is 0 Å². The molecule has 5 heteroatoms. The van der Waals surface area contributed by atoms with Gasteiger partial charge in [-0.25, -0.2) is 9.37 Å². The highest BCUT2D eigenvalue weighted by molar-refractivity contribution is 5.37. The second-order valence-corrected chi connectivity index (χ2v) is 2.18. The molecule has 0 aliphatic rings. The summed E-state index contributed by atoms with van der Waals surface area (Å²) in [5.74, 6) is 0.181. The van der Waals surface area contributed by atoms with Crippen molar-refractivity contribution in [2.45, 2.75) is 6.92 Å². The Morgan fingerprint density at radius 2 is 2.27 bits per heavy atom. The van der Waals surface area contributed by atoms with E-state index in [0.717, 1.165) is 6.20 Å². The number of aryl methyl sites for hydroxylation is 1. The fourth-order valence-corrected chi connectivity index (χ4v) is 0.894. The molecule has 2 aromatic heterocycles. The number of hydrogen-bond donors (Lipinski definition) is 0. The average Bonchev–Trinajstić information content (AvgIpc) is 2.35. The van der Waals surface area contributed by atoms with Crippen LogP contribution in [-0.4, -0.2) is 19.6 Å². The molecule has 0 bridgehead atoms. The third-order valence-corrected chi connectivity index (χ3v) is 1.45. The van der Waals surface area contributed by atoms with Gasteiger partial charge in [0, 0.05) is 0 Å². The fourth-order valence-electron chi connectivity index (χ4n) is 0.894. The molecule has 56 valence electrons. The highest BCUT2D eigenvalue weighted by Crippen LogP contribution is 2.04. The van der Waals surface area contributed by atoms with Crippen LogP contribution in [-0.2, 0) is 0 Å². The van der Waals surface area contributed by atoms with Crippen LogP contribution in [0.5, 0.6) is 0 Å². The van der Waals surface area contributed by atoms with Crippen molar-refractivity contribution >= 4 is 5.65 Å². The lowest BCUT2D eigenvalue weighted by Gasteiger charge is -1.91. The van der Waals surface area contributed by atoms with E-state index in [9.17, 15) is 4.39 Å². The minimum atomic E-state index is -0.451.